The van der Waals surface area contributed by atoms with E-state index in [9.17, 15) is 13.6 Å². The zero-order chi connectivity index (χ0) is 25.4. The van der Waals surface area contributed by atoms with E-state index >= 15 is 0 Å². The summed E-state index contributed by atoms with van der Waals surface area (Å²) in [5.74, 6) is -3.03. The van der Waals surface area contributed by atoms with Gasteiger partial charge in [0.15, 0.2) is 0 Å². The van der Waals surface area contributed by atoms with Crippen LogP contribution in [-0.2, 0) is 0 Å². The Labute approximate surface area is 204 Å². The van der Waals surface area contributed by atoms with Crippen LogP contribution in [0.2, 0.25) is 0 Å². The Morgan fingerprint density at radius 1 is 1.28 bits per heavy atom. The van der Waals surface area contributed by atoms with Crippen LogP contribution in [-0.4, -0.2) is 44.6 Å². The summed E-state index contributed by atoms with van der Waals surface area (Å²) in [6.45, 7) is 1.85. The zero-order valence-corrected chi connectivity index (χ0v) is 19.5. The second-order valence-electron chi connectivity index (χ2n) is 8.72. The van der Waals surface area contributed by atoms with E-state index in [2.05, 4.69) is 25.8 Å². The molecule has 5 rings (SSSR count). The highest BCUT2D eigenvalue weighted by Gasteiger charge is 2.48. The van der Waals surface area contributed by atoms with Gasteiger partial charge in [-0.05, 0) is 30.7 Å². The van der Waals surface area contributed by atoms with E-state index in [0.717, 1.165) is 11.1 Å². The van der Waals surface area contributed by atoms with Crippen LogP contribution in [0.1, 0.15) is 46.3 Å². The lowest BCUT2D eigenvalue weighted by Crippen LogP contribution is -2.33. The maximum absolute atomic E-state index is 13.2. The van der Waals surface area contributed by atoms with Gasteiger partial charge in [-0.1, -0.05) is 17.3 Å². The maximum atomic E-state index is 13.2. The van der Waals surface area contributed by atoms with Gasteiger partial charge in [0.1, 0.15) is 11.3 Å². The number of aryl methyl sites for hydroxylation is 1. The molecule has 3 N–H and O–H groups in total. The SMILES string of the molecule is CN/C=C(\C=N)c1ccc2ncc(C(=O)Nc3cc(-c4noc(C5CC(F)(F)C5)n4)ccc3C)n2c1. The molecule has 184 valence electrons. The van der Waals surface area contributed by atoms with Crippen LogP contribution in [0.25, 0.3) is 22.6 Å². The van der Waals surface area contributed by atoms with Gasteiger partial charge in [-0.2, -0.15) is 4.98 Å². The Morgan fingerprint density at radius 3 is 2.81 bits per heavy atom. The highest BCUT2D eigenvalue weighted by Crippen LogP contribution is 2.48. The molecule has 0 atom stereocenters. The number of nitrogens with zero attached hydrogens (tertiary/aromatic N) is 4. The molecule has 1 aromatic carbocycles. The molecule has 4 aromatic rings. The number of imidazole rings is 1. The van der Waals surface area contributed by atoms with Crippen molar-refractivity contribution in [3.8, 4) is 11.4 Å². The summed E-state index contributed by atoms with van der Waals surface area (Å²) in [4.78, 5) is 21.8. The van der Waals surface area contributed by atoms with Crippen molar-refractivity contribution >= 4 is 29.0 Å². The molecule has 1 aliphatic carbocycles. The normalized spacial score (nSPS) is 15.5. The predicted molar refractivity (Wildman–Crippen MR) is 130 cm³/mol. The Bertz CT molecular complexity index is 1500. The van der Waals surface area contributed by atoms with E-state index in [1.807, 2.05) is 19.1 Å². The molecule has 1 saturated carbocycles. The summed E-state index contributed by atoms with van der Waals surface area (Å²) in [5.41, 5.74) is 4.24. The summed E-state index contributed by atoms with van der Waals surface area (Å²) in [7, 11) is 1.75. The molecule has 1 aliphatic rings. The number of hydrogen-bond donors (Lipinski definition) is 3. The number of nitrogens with one attached hydrogen (secondary N) is 3. The third-order valence-electron chi connectivity index (χ3n) is 6.15. The highest BCUT2D eigenvalue weighted by molar-refractivity contribution is 6.08. The van der Waals surface area contributed by atoms with Crippen molar-refractivity contribution in [3.05, 3.63) is 71.6 Å². The van der Waals surface area contributed by atoms with Crippen molar-refractivity contribution in [2.24, 2.45) is 0 Å². The standard InChI is InChI=1S/C25H23F2N7O2/c1-14-3-4-15(22-32-24(36-33-22)17-8-25(26,27)9-17)7-19(14)31-23(35)20-12-30-21-6-5-16(13-34(20)21)18(10-28)11-29-2/h3-7,10-13,17,28-29H,8-9H2,1-2H3,(H,31,35)/b18-11+,28-10?. The van der Waals surface area contributed by atoms with E-state index in [-0.39, 0.29) is 30.5 Å². The Hall–Kier alpha value is -4.41. The van der Waals surface area contributed by atoms with E-state index in [4.69, 9.17) is 9.93 Å². The number of alkyl halides is 2. The molecule has 0 unspecified atom stereocenters. The second kappa shape index (κ2) is 8.99. The Morgan fingerprint density at radius 2 is 2.08 bits per heavy atom. The first-order chi connectivity index (χ1) is 17.3. The molecule has 0 radical (unpaired) electrons. The van der Waals surface area contributed by atoms with Gasteiger partial charge in [-0.3, -0.25) is 9.20 Å². The number of anilines is 1. The van der Waals surface area contributed by atoms with Gasteiger partial charge in [0, 0.05) is 66.8 Å². The number of carbonyl (C=O) groups is 1. The third-order valence-corrected chi connectivity index (χ3v) is 6.15. The van der Waals surface area contributed by atoms with Gasteiger partial charge in [0.05, 0.1) is 6.20 Å². The summed E-state index contributed by atoms with van der Waals surface area (Å²) >= 11 is 0. The smallest absolute Gasteiger partial charge is 0.274 e. The summed E-state index contributed by atoms with van der Waals surface area (Å²) in [5, 5.41) is 17.4. The Kier molecular flexibility index (Phi) is 5.83. The first kappa shape index (κ1) is 23.3. The van der Waals surface area contributed by atoms with Crippen molar-refractivity contribution < 1.29 is 18.1 Å². The molecule has 1 amide bonds. The topological polar surface area (TPSA) is 121 Å². The van der Waals surface area contributed by atoms with Gasteiger partial charge in [0.25, 0.3) is 5.91 Å². The highest BCUT2D eigenvalue weighted by atomic mass is 19.3. The molecule has 3 heterocycles. The molecule has 0 aliphatic heterocycles. The lowest BCUT2D eigenvalue weighted by Gasteiger charge is -2.31. The summed E-state index contributed by atoms with van der Waals surface area (Å²) < 4.78 is 33.3. The van der Waals surface area contributed by atoms with Gasteiger partial charge in [0.2, 0.25) is 17.6 Å². The van der Waals surface area contributed by atoms with Crippen molar-refractivity contribution in [2.45, 2.75) is 31.6 Å². The maximum Gasteiger partial charge on any atom is 0.274 e. The largest absolute Gasteiger partial charge is 0.393 e. The summed E-state index contributed by atoms with van der Waals surface area (Å²) in [6.07, 6.45) is 5.56. The monoisotopic (exact) mass is 491 g/mol. The molecular formula is C25H23F2N7O2. The molecule has 0 bridgehead atoms. The van der Waals surface area contributed by atoms with E-state index in [0.29, 0.717) is 28.2 Å². The minimum Gasteiger partial charge on any atom is -0.393 e. The van der Waals surface area contributed by atoms with Gasteiger partial charge >= 0.3 is 0 Å². The molecule has 0 saturated heterocycles. The predicted octanol–water partition coefficient (Wildman–Crippen LogP) is 4.67. The number of hydrogen-bond acceptors (Lipinski definition) is 7. The molecule has 36 heavy (non-hydrogen) atoms. The number of aromatic nitrogens is 4. The van der Waals surface area contributed by atoms with Gasteiger partial charge < -0.3 is 20.6 Å². The molecule has 0 spiro atoms. The number of allylic oxidation sites excluding steroid dienone is 1. The lowest BCUT2D eigenvalue weighted by atomic mass is 9.81. The van der Waals surface area contributed by atoms with Crippen LogP contribution in [0.3, 0.4) is 0 Å². The minimum absolute atomic E-state index is 0.195. The zero-order valence-electron chi connectivity index (χ0n) is 19.5. The van der Waals surface area contributed by atoms with Crippen LogP contribution in [0.15, 0.2) is 53.4 Å². The molecule has 3 aromatic heterocycles. The van der Waals surface area contributed by atoms with Crippen molar-refractivity contribution in [1.29, 1.82) is 5.41 Å². The van der Waals surface area contributed by atoms with Gasteiger partial charge in [-0.25, -0.2) is 13.8 Å². The van der Waals surface area contributed by atoms with Crippen molar-refractivity contribution in [3.63, 3.8) is 0 Å². The summed E-state index contributed by atoms with van der Waals surface area (Å²) in [6, 6.07) is 8.91. The second-order valence-corrected chi connectivity index (χ2v) is 8.72. The fraction of sp³-hybridized carbons (Fsp3) is 0.240. The third kappa shape index (κ3) is 4.35. The van der Waals surface area contributed by atoms with Crippen LogP contribution < -0.4 is 10.6 Å². The van der Waals surface area contributed by atoms with Crippen LogP contribution in [0.5, 0.6) is 0 Å². The molecule has 11 heteroatoms. The number of fused-ring (bicyclic) bond motifs is 1. The van der Waals surface area contributed by atoms with Crippen molar-refractivity contribution in [1.82, 2.24) is 24.8 Å². The molecular weight excluding hydrogens is 468 g/mol. The minimum atomic E-state index is -2.68. The number of rotatable bonds is 7. The van der Waals surface area contributed by atoms with Crippen LogP contribution in [0, 0.1) is 12.3 Å². The quantitative estimate of drug-likeness (QED) is 0.323. The van der Waals surface area contributed by atoms with Crippen LogP contribution in [0.4, 0.5) is 14.5 Å². The number of halogens is 2. The number of pyridine rings is 1. The molecule has 1 fully saturated rings. The van der Waals surface area contributed by atoms with E-state index < -0.39 is 11.8 Å². The van der Waals surface area contributed by atoms with E-state index in [1.165, 1.54) is 12.4 Å². The average molecular weight is 492 g/mol. The first-order valence-corrected chi connectivity index (χ1v) is 11.3. The fourth-order valence-corrected chi connectivity index (χ4v) is 4.12. The number of amides is 1. The number of carbonyl (C=O) groups excluding carboxylic acids is 1. The lowest BCUT2D eigenvalue weighted by molar-refractivity contribution is -0.0925. The average Bonchev–Trinajstić information content (AvgIpc) is 3.49. The number of benzene rings is 1. The van der Waals surface area contributed by atoms with Crippen molar-refractivity contribution in [2.75, 3.05) is 12.4 Å². The molecule has 9 nitrogen and oxygen atoms in total. The van der Waals surface area contributed by atoms with Gasteiger partial charge in [-0.15, -0.1) is 0 Å². The first-order valence-electron chi connectivity index (χ1n) is 11.3. The fourth-order valence-electron chi connectivity index (χ4n) is 4.12. The van der Waals surface area contributed by atoms with Crippen LogP contribution >= 0.6 is 0 Å². The van der Waals surface area contributed by atoms with E-state index in [1.54, 1.807) is 42.0 Å². The Balaban J connectivity index is 1.40.